The van der Waals surface area contributed by atoms with Crippen molar-refractivity contribution in [1.82, 2.24) is 9.97 Å². The Bertz CT molecular complexity index is 836. The van der Waals surface area contributed by atoms with E-state index in [1.807, 2.05) is 24.3 Å². The fourth-order valence-electron chi connectivity index (χ4n) is 2.66. The fraction of sp³-hybridized carbons (Fsp3) is 0.250. The third kappa shape index (κ3) is 3.27. The minimum atomic E-state index is -0.989. The van der Waals surface area contributed by atoms with Crippen LogP contribution in [0.1, 0.15) is 24.2 Å². The monoisotopic (exact) mass is 328 g/mol. The SMILES string of the molecule is O=c1[nH]c(C=Cc2ccc(N3CCCC3)cc2)nc(O)c1[N+](=O)[O-]. The number of aromatic amines is 1. The number of aromatic nitrogens is 2. The molecule has 0 aliphatic carbocycles. The van der Waals surface area contributed by atoms with Gasteiger partial charge in [0.05, 0.1) is 4.92 Å². The van der Waals surface area contributed by atoms with Gasteiger partial charge in [0.1, 0.15) is 5.82 Å². The summed E-state index contributed by atoms with van der Waals surface area (Å²) in [6.07, 6.45) is 5.61. The van der Waals surface area contributed by atoms with Crippen LogP contribution >= 0.6 is 0 Å². The molecule has 2 heterocycles. The first-order chi connectivity index (χ1) is 11.5. The third-order valence-corrected chi connectivity index (χ3v) is 3.88. The van der Waals surface area contributed by atoms with E-state index in [1.54, 1.807) is 6.08 Å². The smallest absolute Gasteiger partial charge is 0.395 e. The van der Waals surface area contributed by atoms with E-state index in [4.69, 9.17) is 0 Å². The van der Waals surface area contributed by atoms with E-state index in [0.717, 1.165) is 18.7 Å². The summed E-state index contributed by atoms with van der Waals surface area (Å²) in [6.45, 7) is 2.14. The number of nitrogens with zero attached hydrogens (tertiary/aromatic N) is 3. The largest absolute Gasteiger partial charge is 0.488 e. The molecule has 0 bridgehead atoms. The number of hydrogen-bond donors (Lipinski definition) is 2. The molecular weight excluding hydrogens is 312 g/mol. The molecule has 0 saturated carbocycles. The molecule has 2 N–H and O–H groups in total. The normalized spacial score (nSPS) is 14.4. The van der Waals surface area contributed by atoms with E-state index < -0.39 is 22.0 Å². The topological polar surface area (TPSA) is 112 Å². The molecule has 1 aliphatic rings. The molecule has 0 atom stereocenters. The Morgan fingerprint density at radius 1 is 1.21 bits per heavy atom. The Hall–Kier alpha value is -3.16. The molecule has 0 unspecified atom stereocenters. The van der Waals surface area contributed by atoms with Crippen molar-refractivity contribution in [1.29, 1.82) is 0 Å². The fourth-order valence-corrected chi connectivity index (χ4v) is 2.66. The van der Waals surface area contributed by atoms with Crippen LogP contribution in [0.3, 0.4) is 0 Å². The van der Waals surface area contributed by atoms with Crippen LogP contribution < -0.4 is 10.5 Å². The molecule has 0 amide bonds. The van der Waals surface area contributed by atoms with Crippen LogP contribution in [0, 0.1) is 10.1 Å². The molecule has 1 fully saturated rings. The van der Waals surface area contributed by atoms with Crippen molar-refractivity contribution in [3.05, 3.63) is 56.1 Å². The molecule has 2 aromatic rings. The van der Waals surface area contributed by atoms with Crippen LogP contribution in [0.25, 0.3) is 12.2 Å². The lowest BCUT2D eigenvalue weighted by atomic mass is 10.2. The third-order valence-electron chi connectivity index (χ3n) is 3.88. The predicted octanol–water partition coefficient (Wildman–Crippen LogP) is 2.15. The molecule has 1 aromatic heterocycles. The van der Waals surface area contributed by atoms with Gasteiger partial charge in [0.25, 0.3) is 5.88 Å². The summed E-state index contributed by atoms with van der Waals surface area (Å²) in [5, 5.41) is 20.1. The van der Waals surface area contributed by atoms with Gasteiger partial charge in [0, 0.05) is 18.8 Å². The second-order valence-electron chi connectivity index (χ2n) is 5.50. The summed E-state index contributed by atoms with van der Waals surface area (Å²) in [7, 11) is 0. The van der Waals surface area contributed by atoms with Gasteiger partial charge in [0.15, 0.2) is 0 Å². The Balaban J connectivity index is 1.78. The number of benzene rings is 1. The summed E-state index contributed by atoms with van der Waals surface area (Å²) in [4.78, 5) is 29.4. The van der Waals surface area contributed by atoms with Crippen molar-refractivity contribution in [2.24, 2.45) is 0 Å². The van der Waals surface area contributed by atoms with Gasteiger partial charge in [-0.15, -0.1) is 0 Å². The highest BCUT2D eigenvalue weighted by Crippen LogP contribution is 2.21. The zero-order chi connectivity index (χ0) is 17.1. The highest BCUT2D eigenvalue weighted by Gasteiger charge is 2.21. The summed E-state index contributed by atoms with van der Waals surface area (Å²) in [5.41, 5.74) is 0.112. The average Bonchev–Trinajstić information content (AvgIpc) is 3.07. The summed E-state index contributed by atoms with van der Waals surface area (Å²) in [6, 6.07) is 7.92. The van der Waals surface area contributed by atoms with E-state index in [0.29, 0.717) is 0 Å². The highest BCUT2D eigenvalue weighted by atomic mass is 16.6. The minimum absolute atomic E-state index is 0.0479. The number of H-pyrrole nitrogens is 1. The Labute approximate surface area is 137 Å². The van der Waals surface area contributed by atoms with Gasteiger partial charge < -0.3 is 15.0 Å². The molecule has 24 heavy (non-hydrogen) atoms. The number of nitrogens with one attached hydrogen (secondary N) is 1. The molecule has 1 saturated heterocycles. The number of nitro groups is 1. The van der Waals surface area contributed by atoms with Crippen molar-refractivity contribution in [2.75, 3.05) is 18.0 Å². The van der Waals surface area contributed by atoms with Crippen molar-refractivity contribution < 1.29 is 10.0 Å². The van der Waals surface area contributed by atoms with E-state index in [2.05, 4.69) is 14.9 Å². The molecule has 124 valence electrons. The summed E-state index contributed by atoms with van der Waals surface area (Å²) >= 11 is 0. The van der Waals surface area contributed by atoms with Gasteiger partial charge in [-0.25, -0.2) is 0 Å². The van der Waals surface area contributed by atoms with Crippen LogP contribution in [0.2, 0.25) is 0 Å². The second kappa shape index (κ2) is 6.53. The van der Waals surface area contributed by atoms with Crippen LogP contribution in [0.5, 0.6) is 5.88 Å². The Morgan fingerprint density at radius 3 is 2.46 bits per heavy atom. The van der Waals surface area contributed by atoms with Crippen LogP contribution in [-0.2, 0) is 0 Å². The lowest BCUT2D eigenvalue weighted by molar-refractivity contribution is -0.387. The van der Waals surface area contributed by atoms with Gasteiger partial charge in [0.2, 0.25) is 0 Å². The second-order valence-corrected chi connectivity index (χ2v) is 5.50. The van der Waals surface area contributed by atoms with Crippen LogP contribution in [0.15, 0.2) is 29.1 Å². The summed E-state index contributed by atoms with van der Waals surface area (Å²) in [5.74, 6) is -0.848. The van der Waals surface area contributed by atoms with Gasteiger partial charge in [-0.1, -0.05) is 18.2 Å². The molecule has 1 aliphatic heterocycles. The lowest BCUT2D eigenvalue weighted by Gasteiger charge is -2.17. The van der Waals surface area contributed by atoms with Crippen LogP contribution in [-0.4, -0.2) is 33.1 Å². The molecule has 0 spiro atoms. The van der Waals surface area contributed by atoms with Gasteiger partial charge in [-0.05, 0) is 36.6 Å². The van der Waals surface area contributed by atoms with Gasteiger partial charge in [-0.3, -0.25) is 14.9 Å². The maximum absolute atomic E-state index is 11.6. The average molecular weight is 328 g/mol. The van der Waals surface area contributed by atoms with Gasteiger partial charge in [-0.2, -0.15) is 4.98 Å². The lowest BCUT2D eigenvalue weighted by Crippen LogP contribution is -2.17. The Kier molecular flexibility index (Phi) is 4.28. The first-order valence-electron chi connectivity index (χ1n) is 7.55. The number of rotatable bonds is 4. The van der Waals surface area contributed by atoms with Crippen LogP contribution in [0.4, 0.5) is 11.4 Å². The molecule has 0 radical (unpaired) electrons. The van der Waals surface area contributed by atoms with Crippen molar-refractivity contribution in [3.63, 3.8) is 0 Å². The highest BCUT2D eigenvalue weighted by molar-refractivity contribution is 5.68. The summed E-state index contributed by atoms with van der Waals surface area (Å²) < 4.78 is 0. The number of aromatic hydroxyl groups is 1. The zero-order valence-corrected chi connectivity index (χ0v) is 12.8. The number of anilines is 1. The molecule has 8 nitrogen and oxygen atoms in total. The standard InChI is InChI=1S/C16H16N4O4/c21-15-14(20(23)24)16(22)18-13(17-15)8-5-11-3-6-12(7-4-11)19-9-1-2-10-19/h3-8H,1-2,9-10H2,(H2,17,18,21,22). The van der Waals surface area contributed by atoms with Crippen molar-refractivity contribution in [3.8, 4) is 5.88 Å². The van der Waals surface area contributed by atoms with Gasteiger partial charge >= 0.3 is 11.2 Å². The molecule has 8 heteroatoms. The first-order valence-corrected chi connectivity index (χ1v) is 7.55. The maximum atomic E-state index is 11.6. The van der Waals surface area contributed by atoms with E-state index in [-0.39, 0.29) is 5.82 Å². The maximum Gasteiger partial charge on any atom is 0.395 e. The quantitative estimate of drug-likeness (QED) is 0.657. The Morgan fingerprint density at radius 2 is 1.88 bits per heavy atom. The van der Waals surface area contributed by atoms with E-state index in [9.17, 15) is 20.0 Å². The van der Waals surface area contributed by atoms with E-state index in [1.165, 1.54) is 24.6 Å². The number of hydrogen-bond acceptors (Lipinski definition) is 6. The molecular formula is C16H16N4O4. The van der Waals surface area contributed by atoms with Crippen molar-refractivity contribution in [2.45, 2.75) is 12.8 Å². The zero-order valence-electron chi connectivity index (χ0n) is 12.8. The minimum Gasteiger partial charge on any atom is -0.488 e. The van der Waals surface area contributed by atoms with Crippen molar-refractivity contribution >= 4 is 23.5 Å². The van der Waals surface area contributed by atoms with E-state index >= 15 is 0 Å². The molecule has 1 aromatic carbocycles. The predicted molar refractivity (Wildman–Crippen MR) is 90.0 cm³/mol. The molecule has 3 rings (SSSR count). The first kappa shape index (κ1) is 15.7.